The van der Waals surface area contributed by atoms with Crippen molar-refractivity contribution in [1.29, 1.82) is 0 Å². The maximum Gasteiger partial charge on any atom is 0.243 e. The van der Waals surface area contributed by atoms with Crippen molar-refractivity contribution in [1.82, 2.24) is 4.31 Å². The molecule has 0 radical (unpaired) electrons. The molecule has 26 heavy (non-hydrogen) atoms. The van der Waals surface area contributed by atoms with Crippen LogP contribution in [0, 0.1) is 0 Å². The van der Waals surface area contributed by atoms with E-state index in [1.165, 1.54) is 0 Å². The molecule has 0 amide bonds. The van der Waals surface area contributed by atoms with Gasteiger partial charge in [0.15, 0.2) is 0 Å². The van der Waals surface area contributed by atoms with Gasteiger partial charge in [0.1, 0.15) is 0 Å². The Morgan fingerprint density at radius 1 is 0.769 bits per heavy atom. The molecular weight excluding hydrogens is 412 g/mol. The molecule has 0 aliphatic carbocycles. The number of hydrogen-bond acceptors (Lipinski definition) is 3. The van der Waals surface area contributed by atoms with E-state index in [0.29, 0.717) is 31.1 Å². The van der Waals surface area contributed by atoms with Crippen LogP contribution in [0.25, 0.3) is 10.8 Å². The zero-order chi connectivity index (χ0) is 18.1. The number of rotatable bonds is 3. The van der Waals surface area contributed by atoms with E-state index >= 15 is 0 Å². The first-order valence-corrected chi connectivity index (χ1v) is 10.8. The second kappa shape index (κ2) is 7.02. The molecule has 1 aliphatic heterocycles. The topological polar surface area (TPSA) is 40.6 Å². The zero-order valence-electron chi connectivity index (χ0n) is 14.2. The SMILES string of the molecule is O=S(=O)(c1cccc2ccccc12)N1CCN(c2ccc(Br)cc2)CC1. The Labute approximate surface area is 162 Å². The third kappa shape index (κ3) is 3.24. The van der Waals surface area contributed by atoms with Crippen molar-refractivity contribution in [2.45, 2.75) is 4.90 Å². The third-order valence-corrected chi connectivity index (χ3v) is 7.28. The molecule has 0 N–H and O–H groups in total. The van der Waals surface area contributed by atoms with E-state index < -0.39 is 10.0 Å². The number of hydrogen-bond donors (Lipinski definition) is 0. The number of anilines is 1. The van der Waals surface area contributed by atoms with Crippen molar-refractivity contribution in [2.75, 3.05) is 31.1 Å². The van der Waals surface area contributed by atoms with E-state index in [2.05, 4.69) is 33.0 Å². The van der Waals surface area contributed by atoms with Gasteiger partial charge in [-0.15, -0.1) is 0 Å². The molecule has 134 valence electrons. The van der Waals surface area contributed by atoms with Crippen molar-refractivity contribution >= 4 is 42.4 Å². The minimum absolute atomic E-state index is 0.396. The molecule has 0 atom stereocenters. The van der Waals surface area contributed by atoms with Gasteiger partial charge >= 0.3 is 0 Å². The minimum atomic E-state index is -3.50. The molecule has 0 bridgehead atoms. The Bertz CT molecular complexity index is 1020. The summed E-state index contributed by atoms with van der Waals surface area (Å²) in [6.45, 7) is 2.35. The van der Waals surface area contributed by atoms with Crippen LogP contribution in [0.5, 0.6) is 0 Å². The van der Waals surface area contributed by atoms with Gasteiger partial charge in [-0.2, -0.15) is 4.31 Å². The van der Waals surface area contributed by atoms with Crippen LogP contribution in [-0.4, -0.2) is 38.9 Å². The molecule has 3 aromatic carbocycles. The van der Waals surface area contributed by atoms with E-state index in [-0.39, 0.29) is 0 Å². The summed E-state index contributed by atoms with van der Waals surface area (Å²) in [6.07, 6.45) is 0. The van der Waals surface area contributed by atoms with Gasteiger partial charge in [-0.1, -0.05) is 52.3 Å². The van der Waals surface area contributed by atoms with E-state index in [4.69, 9.17) is 0 Å². The fourth-order valence-electron chi connectivity index (χ4n) is 3.40. The lowest BCUT2D eigenvalue weighted by molar-refractivity contribution is 0.385. The normalized spacial score (nSPS) is 16.1. The molecule has 0 unspecified atom stereocenters. The van der Waals surface area contributed by atoms with Crippen molar-refractivity contribution in [3.05, 3.63) is 71.2 Å². The maximum atomic E-state index is 13.2. The van der Waals surface area contributed by atoms with Gasteiger partial charge in [0, 0.05) is 41.7 Å². The Kier molecular flexibility index (Phi) is 4.73. The van der Waals surface area contributed by atoms with Crippen LogP contribution in [0.4, 0.5) is 5.69 Å². The van der Waals surface area contributed by atoms with Crippen molar-refractivity contribution in [3.63, 3.8) is 0 Å². The van der Waals surface area contributed by atoms with Crippen molar-refractivity contribution < 1.29 is 8.42 Å². The van der Waals surface area contributed by atoms with Crippen molar-refractivity contribution in [2.24, 2.45) is 0 Å². The molecule has 0 saturated carbocycles. The van der Waals surface area contributed by atoms with Gasteiger partial charge in [0.05, 0.1) is 4.90 Å². The number of nitrogens with zero attached hydrogens (tertiary/aromatic N) is 2. The van der Waals surface area contributed by atoms with Crippen LogP contribution in [0.15, 0.2) is 76.1 Å². The quantitative estimate of drug-likeness (QED) is 0.627. The molecular formula is C20H19BrN2O2S. The number of piperazine rings is 1. The van der Waals surface area contributed by atoms with Crippen LogP contribution in [0.3, 0.4) is 0 Å². The summed E-state index contributed by atoms with van der Waals surface area (Å²) in [6, 6.07) is 21.2. The highest BCUT2D eigenvalue weighted by Gasteiger charge is 2.29. The lowest BCUT2D eigenvalue weighted by Gasteiger charge is -2.35. The third-order valence-electron chi connectivity index (χ3n) is 4.80. The predicted octanol–water partition coefficient (Wildman–Crippen LogP) is 4.11. The highest BCUT2D eigenvalue weighted by Crippen LogP contribution is 2.27. The molecule has 1 aliphatic rings. The fourth-order valence-corrected chi connectivity index (χ4v) is 5.30. The highest BCUT2D eigenvalue weighted by atomic mass is 79.9. The molecule has 3 aromatic rings. The Balaban J connectivity index is 1.57. The summed E-state index contributed by atoms with van der Waals surface area (Å²) in [7, 11) is -3.50. The molecule has 0 spiro atoms. The molecule has 4 nitrogen and oxygen atoms in total. The van der Waals surface area contributed by atoms with Crippen LogP contribution >= 0.6 is 15.9 Å². The van der Waals surface area contributed by atoms with Crippen LogP contribution in [0.1, 0.15) is 0 Å². The Morgan fingerprint density at radius 2 is 1.42 bits per heavy atom. The average Bonchev–Trinajstić information content (AvgIpc) is 2.68. The first-order chi connectivity index (χ1) is 12.6. The highest BCUT2D eigenvalue weighted by molar-refractivity contribution is 9.10. The summed E-state index contributed by atoms with van der Waals surface area (Å²) in [5.74, 6) is 0. The van der Waals surface area contributed by atoms with Gasteiger partial charge in [-0.05, 0) is 35.7 Å². The predicted molar refractivity (Wildman–Crippen MR) is 109 cm³/mol. The van der Waals surface area contributed by atoms with Gasteiger partial charge in [-0.25, -0.2) is 8.42 Å². The summed E-state index contributed by atoms with van der Waals surface area (Å²) in [5.41, 5.74) is 1.12. The summed E-state index contributed by atoms with van der Waals surface area (Å²) in [4.78, 5) is 2.62. The molecule has 1 fully saturated rings. The summed E-state index contributed by atoms with van der Waals surface area (Å²) in [5, 5.41) is 1.73. The molecule has 0 aromatic heterocycles. The van der Waals surface area contributed by atoms with E-state index in [9.17, 15) is 8.42 Å². The van der Waals surface area contributed by atoms with Gasteiger partial charge in [0.2, 0.25) is 10.0 Å². The smallest absolute Gasteiger partial charge is 0.243 e. The second-order valence-corrected chi connectivity index (χ2v) is 9.17. The zero-order valence-corrected chi connectivity index (χ0v) is 16.6. The lowest BCUT2D eigenvalue weighted by Crippen LogP contribution is -2.48. The fraction of sp³-hybridized carbons (Fsp3) is 0.200. The lowest BCUT2D eigenvalue weighted by atomic mass is 10.1. The standard InChI is InChI=1S/C20H19BrN2O2S/c21-17-8-10-18(11-9-17)22-12-14-23(15-13-22)26(24,25)20-7-3-5-16-4-1-2-6-19(16)20/h1-11H,12-15H2. The minimum Gasteiger partial charge on any atom is -0.369 e. The first kappa shape index (κ1) is 17.5. The monoisotopic (exact) mass is 430 g/mol. The van der Waals surface area contributed by atoms with E-state index in [0.717, 1.165) is 20.9 Å². The van der Waals surface area contributed by atoms with Gasteiger partial charge < -0.3 is 4.90 Å². The number of halogens is 1. The summed E-state index contributed by atoms with van der Waals surface area (Å²) >= 11 is 3.44. The number of fused-ring (bicyclic) bond motifs is 1. The maximum absolute atomic E-state index is 13.2. The molecule has 1 saturated heterocycles. The van der Waals surface area contributed by atoms with Crippen LogP contribution < -0.4 is 4.90 Å². The molecule has 6 heteroatoms. The number of sulfonamides is 1. The van der Waals surface area contributed by atoms with Gasteiger partial charge in [0.25, 0.3) is 0 Å². The molecule has 1 heterocycles. The molecule has 4 rings (SSSR count). The summed E-state index contributed by atoms with van der Waals surface area (Å²) < 4.78 is 29.0. The second-order valence-electron chi connectivity index (χ2n) is 6.34. The Morgan fingerprint density at radius 3 is 2.15 bits per heavy atom. The van der Waals surface area contributed by atoms with Gasteiger partial charge in [-0.3, -0.25) is 0 Å². The number of benzene rings is 3. The van der Waals surface area contributed by atoms with Crippen LogP contribution in [0.2, 0.25) is 0 Å². The first-order valence-electron chi connectivity index (χ1n) is 8.54. The van der Waals surface area contributed by atoms with Crippen molar-refractivity contribution in [3.8, 4) is 0 Å². The Hall–Kier alpha value is -1.89. The van der Waals surface area contributed by atoms with E-state index in [1.54, 1.807) is 10.4 Å². The van der Waals surface area contributed by atoms with E-state index in [1.807, 2.05) is 48.5 Å². The average molecular weight is 431 g/mol. The van der Waals surface area contributed by atoms with Crippen LogP contribution in [-0.2, 0) is 10.0 Å². The largest absolute Gasteiger partial charge is 0.369 e.